The van der Waals surface area contributed by atoms with E-state index in [0.717, 1.165) is 51.0 Å². The minimum atomic E-state index is 0.153. The van der Waals surface area contributed by atoms with Crippen LogP contribution < -0.4 is 10.2 Å². The number of piperazine rings is 1. The van der Waals surface area contributed by atoms with Crippen LogP contribution in [0.1, 0.15) is 13.8 Å². The van der Waals surface area contributed by atoms with Crippen molar-refractivity contribution in [1.29, 1.82) is 0 Å². The van der Waals surface area contributed by atoms with E-state index < -0.39 is 0 Å². The van der Waals surface area contributed by atoms with Gasteiger partial charge >= 0.3 is 0 Å². The van der Waals surface area contributed by atoms with Gasteiger partial charge in [0, 0.05) is 63.0 Å². The van der Waals surface area contributed by atoms with E-state index in [-0.39, 0.29) is 5.91 Å². The lowest BCUT2D eigenvalue weighted by Gasteiger charge is -2.37. The van der Waals surface area contributed by atoms with Gasteiger partial charge in [-0.2, -0.15) is 11.8 Å². The molecule has 6 nitrogen and oxygen atoms in total. The molecule has 0 aliphatic carbocycles. The topological polar surface area (TPSA) is 51.2 Å². The van der Waals surface area contributed by atoms with Crippen LogP contribution in [0.3, 0.4) is 0 Å². The fraction of sp³-hybridized carbons (Fsp3) is 0.619. The Kier molecular flexibility index (Phi) is 7.48. The van der Waals surface area contributed by atoms with E-state index in [9.17, 15) is 4.79 Å². The third-order valence-corrected chi connectivity index (χ3v) is 7.04. The molecule has 2 aliphatic rings. The molecule has 1 aromatic carbocycles. The summed E-state index contributed by atoms with van der Waals surface area (Å²) < 4.78 is 0. The number of amides is 1. The third kappa shape index (κ3) is 5.34. The smallest absolute Gasteiger partial charge is 0.242 e. The quantitative estimate of drug-likeness (QED) is 0.615. The standard InChI is InChI=1S/C21H33N5OS/c1-17(2)19-16-26(13-14-28-19)21(22-3)23-15-20(27)25-11-9-24(10-12-25)18-7-5-4-6-8-18/h4-8,17,19H,9-16H2,1-3H3,(H,22,23). The molecule has 1 amide bonds. The molecule has 2 saturated heterocycles. The van der Waals surface area contributed by atoms with Gasteiger partial charge in [0.05, 0.1) is 6.54 Å². The number of nitrogens with zero attached hydrogens (tertiary/aromatic N) is 4. The molecule has 154 valence electrons. The lowest BCUT2D eigenvalue weighted by Crippen LogP contribution is -2.54. The van der Waals surface area contributed by atoms with E-state index in [2.05, 4.69) is 58.2 Å². The zero-order valence-electron chi connectivity index (χ0n) is 17.3. The second kappa shape index (κ2) is 10.0. The molecule has 2 aliphatic heterocycles. The van der Waals surface area contributed by atoms with Gasteiger partial charge in [0.25, 0.3) is 0 Å². The molecule has 0 saturated carbocycles. The molecule has 7 heteroatoms. The number of benzene rings is 1. The van der Waals surface area contributed by atoms with E-state index in [4.69, 9.17) is 0 Å². The minimum Gasteiger partial charge on any atom is -0.368 e. The number of hydrogen-bond acceptors (Lipinski definition) is 4. The van der Waals surface area contributed by atoms with Gasteiger partial charge in [0.15, 0.2) is 5.96 Å². The molecular formula is C21H33N5OS. The summed E-state index contributed by atoms with van der Waals surface area (Å²) >= 11 is 2.04. The second-order valence-electron chi connectivity index (χ2n) is 7.70. The molecule has 2 heterocycles. The van der Waals surface area contributed by atoms with Gasteiger partial charge in [-0.25, -0.2) is 0 Å². The SMILES string of the molecule is CN=C(NCC(=O)N1CCN(c2ccccc2)CC1)N1CCSC(C(C)C)C1. The summed E-state index contributed by atoms with van der Waals surface area (Å²) in [5.41, 5.74) is 1.23. The van der Waals surface area contributed by atoms with Crippen molar-refractivity contribution in [3.05, 3.63) is 30.3 Å². The van der Waals surface area contributed by atoms with Crippen molar-refractivity contribution in [3.63, 3.8) is 0 Å². The highest BCUT2D eigenvalue weighted by atomic mass is 32.2. The van der Waals surface area contributed by atoms with Crippen molar-refractivity contribution < 1.29 is 4.79 Å². The number of hydrogen-bond donors (Lipinski definition) is 1. The van der Waals surface area contributed by atoms with Crippen molar-refractivity contribution >= 4 is 29.3 Å². The Morgan fingerprint density at radius 1 is 1.14 bits per heavy atom. The molecule has 0 spiro atoms. The Morgan fingerprint density at radius 2 is 1.86 bits per heavy atom. The maximum absolute atomic E-state index is 12.7. The van der Waals surface area contributed by atoms with Crippen molar-refractivity contribution in [2.75, 3.05) is 63.5 Å². The van der Waals surface area contributed by atoms with E-state index in [1.54, 1.807) is 7.05 Å². The lowest BCUT2D eigenvalue weighted by molar-refractivity contribution is -0.130. The summed E-state index contributed by atoms with van der Waals surface area (Å²) in [4.78, 5) is 23.7. The van der Waals surface area contributed by atoms with Crippen LogP contribution in [0.2, 0.25) is 0 Å². The Balaban J connectivity index is 1.46. The highest BCUT2D eigenvalue weighted by molar-refractivity contribution is 8.00. The largest absolute Gasteiger partial charge is 0.368 e. The van der Waals surface area contributed by atoms with E-state index in [0.29, 0.717) is 17.7 Å². The van der Waals surface area contributed by atoms with Crippen molar-refractivity contribution in [3.8, 4) is 0 Å². The van der Waals surface area contributed by atoms with Crippen LogP contribution in [0.25, 0.3) is 0 Å². The highest BCUT2D eigenvalue weighted by Gasteiger charge is 2.26. The summed E-state index contributed by atoms with van der Waals surface area (Å²) in [6, 6.07) is 10.4. The average molecular weight is 404 g/mol. The molecule has 0 aromatic heterocycles. The number of carbonyl (C=O) groups excluding carboxylic acids is 1. The second-order valence-corrected chi connectivity index (χ2v) is 9.05. The fourth-order valence-corrected chi connectivity index (χ4v) is 5.02. The van der Waals surface area contributed by atoms with Gasteiger partial charge in [0.1, 0.15) is 0 Å². The van der Waals surface area contributed by atoms with Crippen LogP contribution in [-0.4, -0.2) is 85.5 Å². The van der Waals surface area contributed by atoms with Crippen LogP contribution in [0, 0.1) is 5.92 Å². The normalized spacial score (nSPS) is 21.2. The van der Waals surface area contributed by atoms with E-state index >= 15 is 0 Å². The predicted octanol–water partition coefficient (Wildman–Crippen LogP) is 1.98. The fourth-order valence-electron chi connectivity index (χ4n) is 3.72. The molecule has 1 N–H and O–H groups in total. The summed E-state index contributed by atoms with van der Waals surface area (Å²) in [7, 11) is 1.80. The lowest BCUT2D eigenvalue weighted by atomic mass is 10.1. The first-order valence-electron chi connectivity index (χ1n) is 10.2. The Bertz CT molecular complexity index is 658. The van der Waals surface area contributed by atoms with Crippen LogP contribution in [0.4, 0.5) is 5.69 Å². The molecule has 28 heavy (non-hydrogen) atoms. The first kappa shape index (κ1) is 20.8. The molecule has 0 bridgehead atoms. The molecule has 2 fully saturated rings. The van der Waals surface area contributed by atoms with Crippen molar-refractivity contribution in [1.82, 2.24) is 15.1 Å². The first-order chi connectivity index (χ1) is 13.6. The minimum absolute atomic E-state index is 0.153. The average Bonchev–Trinajstić information content (AvgIpc) is 2.75. The molecule has 1 unspecified atom stereocenters. The van der Waals surface area contributed by atoms with Crippen molar-refractivity contribution in [2.45, 2.75) is 19.1 Å². The van der Waals surface area contributed by atoms with Gasteiger partial charge in [-0.3, -0.25) is 9.79 Å². The van der Waals surface area contributed by atoms with E-state index in [1.807, 2.05) is 22.7 Å². The molecule has 3 rings (SSSR count). The molecular weight excluding hydrogens is 370 g/mol. The van der Waals surface area contributed by atoms with Gasteiger partial charge in [-0.15, -0.1) is 0 Å². The Labute approximate surface area is 173 Å². The number of para-hydroxylation sites is 1. The summed E-state index contributed by atoms with van der Waals surface area (Å²) in [5.74, 6) is 2.76. The van der Waals surface area contributed by atoms with Crippen LogP contribution >= 0.6 is 11.8 Å². The number of carbonyl (C=O) groups is 1. The maximum Gasteiger partial charge on any atom is 0.242 e. The molecule has 1 aromatic rings. The number of aliphatic imine (C=N–C) groups is 1. The number of anilines is 1. The van der Waals surface area contributed by atoms with Crippen LogP contribution in [-0.2, 0) is 4.79 Å². The molecule has 0 radical (unpaired) electrons. The number of rotatable bonds is 4. The summed E-state index contributed by atoms with van der Waals surface area (Å²) in [6.07, 6.45) is 0. The van der Waals surface area contributed by atoms with E-state index in [1.165, 1.54) is 5.69 Å². The molecule has 1 atom stereocenters. The number of thioether (sulfide) groups is 1. The van der Waals surface area contributed by atoms with Gasteiger partial charge in [0.2, 0.25) is 5.91 Å². The number of guanidine groups is 1. The zero-order valence-corrected chi connectivity index (χ0v) is 18.1. The summed E-state index contributed by atoms with van der Waals surface area (Å²) in [5, 5.41) is 3.92. The van der Waals surface area contributed by atoms with Gasteiger partial charge in [-0.05, 0) is 18.1 Å². The Hall–Kier alpha value is -1.89. The highest BCUT2D eigenvalue weighted by Crippen LogP contribution is 2.24. The van der Waals surface area contributed by atoms with Crippen LogP contribution in [0.5, 0.6) is 0 Å². The Morgan fingerprint density at radius 3 is 2.50 bits per heavy atom. The van der Waals surface area contributed by atoms with Crippen molar-refractivity contribution in [2.24, 2.45) is 10.9 Å². The first-order valence-corrected chi connectivity index (χ1v) is 11.3. The monoisotopic (exact) mass is 403 g/mol. The van der Waals surface area contributed by atoms with Gasteiger partial charge < -0.3 is 20.0 Å². The zero-order chi connectivity index (χ0) is 19.9. The number of nitrogens with one attached hydrogen (secondary N) is 1. The van der Waals surface area contributed by atoms with Gasteiger partial charge in [-0.1, -0.05) is 32.0 Å². The third-order valence-electron chi connectivity index (χ3n) is 5.50. The van der Waals surface area contributed by atoms with Crippen LogP contribution in [0.15, 0.2) is 35.3 Å². The summed E-state index contributed by atoms with van der Waals surface area (Å²) in [6.45, 7) is 10.1. The predicted molar refractivity (Wildman–Crippen MR) is 119 cm³/mol. The maximum atomic E-state index is 12.7.